The second-order valence-corrected chi connectivity index (χ2v) is 8.25. The fourth-order valence-electron chi connectivity index (χ4n) is 4.70. The summed E-state index contributed by atoms with van der Waals surface area (Å²) >= 11 is 0. The number of fused-ring (bicyclic) bond motifs is 4. The zero-order valence-electron chi connectivity index (χ0n) is 18.6. The Labute approximate surface area is 196 Å². The van der Waals surface area contributed by atoms with Crippen molar-refractivity contribution in [2.45, 2.75) is 11.8 Å². The van der Waals surface area contributed by atoms with Gasteiger partial charge in [0.1, 0.15) is 18.3 Å². The van der Waals surface area contributed by atoms with Gasteiger partial charge in [-0.05, 0) is 46.0 Å². The molecule has 3 aromatic carbocycles. The van der Waals surface area contributed by atoms with Gasteiger partial charge in [-0.2, -0.15) is 0 Å². The number of carboxylic acid groups (broad SMARTS) is 1. The number of aromatic nitrogens is 1. The number of hydrogen-bond acceptors (Lipinski definition) is 4. The molecule has 0 radical (unpaired) electrons. The molecule has 34 heavy (non-hydrogen) atoms. The number of H-pyrrole nitrogens is 1. The average molecular weight is 456 g/mol. The molecule has 1 atom stereocenters. The maximum absolute atomic E-state index is 12.5. The highest BCUT2D eigenvalue weighted by molar-refractivity contribution is 5.90. The molecule has 1 aliphatic carbocycles. The number of carboxylic acids is 1. The van der Waals surface area contributed by atoms with Gasteiger partial charge in [-0.25, -0.2) is 4.79 Å². The molecule has 1 aliphatic rings. The predicted molar refractivity (Wildman–Crippen MR) is 128 cm³/mol. The Hall–Kier alpha value is -4.26. The zero-order chi connectivity index (χ0) is 23.7. The van der Waals surface area contributed by atoms with Crippen molar-refractivity contribution in [3.63, 3.8) is 0 Å². The summed E-state index contributed by atoms with van der Waals surface area (Å²) in [5.74, 6) is -1.42. The Morgan fingerprint density at radius 2 is 1.71 bits per heavy atom. The molecular formula is C27H24N2O5. The third-order valence-corrected chi connectivity index (χ3v) is 6.39. The molecule has 0 saturated heterocycles. The molecule has 1 amide bonds. The lowest BCUT2D eigenvalue weighted by atomic mass is 9.98. The Morgan fingerprint density at radius 1 is 1.03 bits per heavy atom. The summed E-state index contributed by atoms with van der Waals surface area (Å²) in [6, 6.07) is 21.6. The van der Waals surface area contributed by atoms with Crippen molar-refractivity contribution in [1.29, 1.82) is 0 Å². The Morgan fingerprint density at radius 3 is 2.35 bits per heavy atom. The van der Waals surface area contributed by atoms with Crippen LogP contribution in [0.15, 0.2) is 72.9 Å². The van der Waals surface area contributed by atoms with Crippen LogP contribution in [0.4, 0.5) is 4.79 Å². The van der Waals surface area contributed by atoms with Crippen LogP contribution in [0.3, 0.4) is 0 Å². The Kier molecular flexibility index (Phi) is 5.67. The minimum absolute atomic E-state index is 0.0606. The van der Waals surface area contributed by atoms with Gasteiger partial charge in [0.2, 0.25) is 0 Å². The zero-order valence-corrected chi connectivity index (χ0v) is 18.6. The van der Waals surface area contributed by atoms with E-state index < -0.39 is 18.0 Å². The lowest BCUT2D eigenvalue weighted by molar-refractivity contribution is -0.138. The Balaban J connectivity index is 1.28. The fourth-order valence-corrected chi connectivity index (χ4v) is 4.70. The number of amides is 1. The quantitative estimate of drug-likeness (QED) is 0.368. The molecule has 1 heterocycles. The van der Waals surface area contributed by atoms with Crippen molar-refractivity contribution in [3.05, 3.63) is 89.6 Å². The standard InChI is InChI=1S/C27H24N2O5/c1-33-16-10-11-25-21(12-16)22(13-28-25)23(26(30)31)14-29-27(32)34-15-24-19-8-4-2-6-17(19)18-7-3-5-9-20(18)24/h2-13,23-24,28H,14-15H2,1H3,(H,29,32)(H,30,31)/t23-/m1/s1. The molecule has 4 aromatic rings. The van der Waals surface area contributed by atoms with E-state index in [1.807, 2.05) is 42.5 Å². The number of methoxy groups -OCH3 is 1. The third kappa shape index (κ3) is 3.85. The van der Waals surface area contributed by atoms with Gasteiger partial charge in [-0.15, -0.1) is 0 Å². The van der Waals surface area contributed by atoms with Crippen LogP contribution in [0.1, 0.15) is 28.5 Å². The second kappa shape index (κ2) is 8.94. The molecule has 0 bridgehead atoms. The van der Waals surface area contributed by atoms with Gasteiger partial charge >= 0.3 is 12.1 Å². The number of aliphatic carboxylic acids is 1. The van der Waals surface area contributed by atoms with Crippen molar-refractivity contribution in [1.82, 2.24) is 10.3 Å². The van der Waals surface area contributed by atoms with Crippen LogP contribution in [0.2, 0.25) is 0 Å². The van der Waals surface area contributed by atoms with Crippen LogP contribution in [0.5, 0.6) is 5.75 Å². The van der Waals surface area contributed by atoms with Crippen LogP contribution in [-0.4, -0.2) is 42.4 Å². The molecule has 5 rings (SSSR count). The van der Waals surface area contributed by atoms with E-state index in [0.29, 0.717) is 11.3 Å². The van der Waals surface area contributed by atoms with Crippen LogP contribution >= 0.6 is 0 Å². The van der Waals surface area contributed by atoms with Crippen molar-refractivity contribution in [2.75, 3.05) is 20.3 Å². The van der Waals surface area contributed by atoms with E-state index in [1.54, 1.807) is 25.4 Å². The van der Waals surface area contributed by atoms with Gasteiger partial charge in [-0.1, -0.05) is 48.5 Å². The monoisotopic (exact) mass is 456 g/mol. The SMILES string of the molecule is COc1ccc2[nH]cc([C@@H](CNC(=O)OCC3c4ccccc4-c4ccccc43)C(=O)O)c2c1. The van der Waals surface area contributed by atoms with Crippen LogP contribution in [0.25, 0.3) is 22.0 Å². The smallest absolute Gasteiger partial charge is 0.407 e. The summed E-state index contributed by atoms with van der Waals surface area (Å²) in [6.45, 7) is 0.0675. The molecular weight excluding hydrogens is 432 g/mol. The normalized spacial score (nSPS) is 13.2. The van der Waals surface area contributed by atoms with E-state index in [-0.39, 0.29) is 19.1 Å². The largest absolute Gasteiger partial charge is 0.497 e. The second-order valence-electron chi connectivity index (χ2n) is 8.25. The number of aromatic amines is 1. The molecule has 172 valence electrons. The highest BCUT2D eigenvalue weighted by atomic mass is 16.5. The fraction of sp³-hybridized carbons (Fsp3) is 0.185. The van der Waals surface area contributed by atoms with Gasteiger partial charge in [0.25, 0.3) is 0 Å². The summed E-state index contributed by atoms with van der Waals surface area (Å²) in [6.07, 6.45) is 1.01. The maximum atomic E-state index is 12.5. The van der Waals surface area contributed by atoms with Gasteiger partial charge in [0, 0.05) is 29.6 Å². The summed E-state index contributed by atoms with van der Waals surface area (Å²) in [5.41, 5.74) is 5.89. The first-order chi connectivity index (χ1) is 16.6. The van der Waals surface area contributed by atoms with Crippen LogP contribution in [-0.2, 0) is 9.53 Å². The molecule has 0 saturated carbocycles. The minimum atomic E-state index is -1.04. The number of rotatable bonds is 7. The van der Waals surface area contributed by atoms with Crippen LogP contribution in [0, 0.1) is 0 Å². The lowest BCUT2D eigenvalue weighted by Crippen LogP contribution is -2.32. The average Bonchev–Trinajstić information content (AvgIpc) is 3.41. The summed E-state index contributed by atoms with van der Waals surface area (Å²) in [7, 11) is 1.56. The topological polar surface area (TPSA) is 101 Å². The highest BCUT2D eigenvalue weighted by Gasteiger charge is 2.29. The molecule has 0 aliphatic heterocycles. The predicted octanol–water partition coefficient (Wildman–Crippen LogP) is 4.88. The van der Waals surface area contributed by atoms with Gasteiger partial charge in [0.05, 0.1) is 7.11 Å². The summed E-state index contributed by atoms with van der Waals surface area (Å²) < 4.78 is 10.8. The van der Waals surface area contributed by atoms with Crippen molar-refractivity contribution >= 4 is 23.0 Å². The summed E-state index contributed by atoms with van der Waals surface area (Å²) in [4.78, 5) is 27.6. The van der Waals surface area contributed by atoms with Crippen LogP contribution < -0.4 is 10.1 Å². The first kappa shape index (κ1) is 21.6. The molecule has 3 N–H and O–H groups in total. The Bertz CT molecular complexity index is 1330. The molecule has 7 nitrogen and oxygen atoms in total. The first-order valence-electron chi connectivity index (χ1n) is 11.0. The van der Waals surface area contributed by atoms with Gasteiger partial charge in [-0.3, -0.25) is 4.79 Å². The molecule has 7 heteroatoms. The highest BCUT2D eigenvalue weighted by Crippen LogP contribution is 2.44. The molecule has 0 unspecified atom stereocenters. The number of nitrogens with one attached hydrogen (secondary N) is 2. The number of hydrogen-bond donors (Lipinski definition) is 3. The van der Waals surface area contributed by atoms with Crippen molar-refractivity contribution < 1.29 is 24.2 Å². The molecule has 0 spiro atoms. The third-order valence-electron chi connectivity index (χ3n) is 6.39. The van der Waals surface area contributed by atoms with Crippen molar-refractivity contribution in [3.8, 4) is 16.9 Å². The number of alkyl carbamates (subject to hydrolysis) is 1. The number of carbonyl (C=O) groups is 2. The summed E-state index contributed by atoms with van der Waals surface area (Å²) in [5, 5.41) is 13.2. The number of carbonyl (C=O) groups excluding carboxylic acids is 1. The molecule has 1 aromatic heterocycles. The first-order valence-corrected chi connectivity index (χ1v) is 11.0. The van der Waals surface area contributed by atoms with E-state index in [9.17, 15) is 14.7 Å². The van der Waals surface area contributed by atoms with Gasteiger partial charge in [0.15, 0.2) is 0 Å². The molecule has 0 fully saturated rings. The van der Waals surface area contributed by atoms with Gasteiger partial charge < -0.3 is 24.9 Å². The lowest BCUT2D eigenvalue weighted by Gasteiger charge is -2.16. The van der Waals surface area contributed by atoms with E-state index in [2.05, 4.69) is 22.4 Å². The van der Waals surface area contributed by atoms with E-state index in [4.69, 9.17) is 9.47 Å². The number of benzene rings is 3. The van der Waals surface area contributed by atoms with E-state index >= 15 is 0 Å². The maximum Gasteiger partial charge on any atom is 0.407 e. The van der Waals surface area contributed by atoms with Crippen molar-refractivity contribution in [2.24, 2.45) is 0 Å². The number of ether oxygens (including phenoxy) is 2. The van der Waals surface area contributed by atoms with E-state index in [0.717, 1.165) is 33.2 Å². The minimum Gasteiger partial charge on any atom is -0.497 e. The van der Waals surface area contributed by atoms with E-state index in [1.165, 1.54) is 0 Å².